The van der Waals surface area contributed by atoms with Gasteiger partial charge < -0.3 is 10.2 Å². The minimum atomic E-state index is -0.589. The molecule has 0 spiro atoms. The molecule has 1 atom stereocenters. The first kappa shape index (κ1) is 16.0. The van der Waals surface area contributed by atoms with Crippen LogP contribution in [0.25, 0.3) is 0 Å². The molecule has 10 nitrogen and oxygen atoms in total. The molecule has 1 aliphatic heterocycles. The topological polar surface area (TPSA) is 126 Å². The minimum Gasteiger partial charge on any atom is -0.342 e. The van der Waals surface area contributed by atoms with Crippen molar-refractivity contribution in [2.75, 3.05) is 12.4 Å². The number of amides is 2. The van der Waals surface area contributed by atoms with Crippen molar-refractivity contribution in [2.24, 2.45) is 0 Å². The third kappa shape index (κ3) is 3.70. The van der Waals surface area contributed by atoms with E-state index in [0.717, 1.165) is 0 Å². The third-order valence-corrected chi connectivity index (χ3v) is 4.02. The number of likely N-dealkylation sites (tertiary alicyclic amines) is 1. The molecular formula is C14H18N6O4. The molecule has 3 rings (SSSR count). The summed E-state index contributed by atoms with van der Waals surface area (Å²) in [6.07, 6.45) is 3.63. The molecular weight excluding hydrogens is 316 g/mol. The zero-order chi connectivity index (χ0) is 17.1. The number of aromatic amines is 1. The molecule has 128 valence electrons. The number of anilines is 1. The summed E-state index contributed by atoms with van der Waals surface area (Å²) in [4.78, 5) is 38.4. The van der Waals surface area contributed by atoms with Crippen LogP contribution >= 0.6 is 0 Å². The molecule has 2 amide bonds. The molecule has 2 N–H and O–H groups in total. The molecule has 10 heteroatoms. The van der Waals surface area contributed by atoms with E-state index in [4.69, 9.17) is 0 Å². The number of aromatic nitrogens is 4. The van der Waals surface area contributed by atoms with Gasteiger partial charge in [0.25, 0.3) is 0 Å². The number of carbonyl (C=O) groups excluding carboxylic acids is 2. The minimum absolute atomic E-state index is 0.0522. The van der Waals surface area contributed by atoms with Crippen molar-refractivity contribution in [3.05, 3.63) is 28.6 Å². The standard InChI is InChI=1S/C14H18N6O4/c1-19-9(2-3-13(19)22)8-12(21)15-10-4-6-20(17-10)7-5-11-16-14(23)24-18-11/h4,6,9H,2-3,5,7-8H2,1H3,(H,15,17,21)(H,16,18,23). The summed E-state index contributed by atoms with van der Waals surface area (Å²) in [6.45, 7) is 0.484. The van der Waals surface area contributed by atoms with Gasteiger partial charge in [-0.1, -0.05) is 5.16 Å². The zero-order valence-electron chi connectivity index (χ0n) is 13.2. The predicted octanol–water partition coefficient (Wildman–Crippen LogP) is -0.248. The maximum atomic E-state index is 12.1. The third-order valence-electron chi connectivity index (χ3n) is 4.02. The van der Waals surface area contributed by atoms with Gasteiger partial charge in [-0.05, 0) is 6.42 Å². The molecule has 0 aliphatic carbocycles. The van der Waals surface area contributed by atoms with Gasteiger partial charge in [-0.15, -0.1) is 0 Å². The van der Waals surface area contributed by atoms with Gasteiger partial charge in [0.2, 0.25) is 11.8 Å². The molecule has 0 bridgehead atoms. The summed E-state index contributed by atoms with van der Waals surface area (Å²) < 4.78 is 6.05. The van der Waals surface area contributed by atoms with Crippen LogP contribution in [0.1, 0.15) is 25.1 Å². The Bertz CT molecular complexity index is 791. The average Bonchev–Trinajstić information content (AvgIpc) is 3.23. The van der Waals surface area contributed by atoms with E-state index in [1.807, 2.05) is 0 Å². The van der Waals surface area contributed by atoms with E-state index in [1.54, 1.807) is 28.9 Å². The highest BCUT2D eigenvalue weighted by Gasteiger charge is 2.29. The van der Waals surface area contributed by atoms with Crippen LogP contribution in [-0.4, -0.2) is 49.7 Å². The van der Waals surface area contributed by atoms with Crippen LogP contribution in [0.4, 0.5) is 5.82 Å². The van der Waals surface area contributed by atoms with Crippen molar-refractivity contribution in [3.8, 4) is 0 Å². The smallest absolute Gasteiger partial charge is 0.342 e. The molecule has 2 aromatic heterocycles. The Hall–Kier alpha value is -2.91. The highest BCUT2D eigenvalue weighted by molar-refractivity contribution is 5.91. The van der Waals surface area contributed by atoms with E-state index in [9.17, 15) is 14.4 Å². The number of nitrogens with zero attached hydrogens (tertiary/aromatic N) is 4. The van der Waals surface area contributed by atoms with Gasteiger partial charge in [0.15, 0.2) is 11.6 Å². The molecule has 1 fully saturated rings. The molecule has 1 unspecified atom stereocenters. The van der Waals surface area contributed by atoms with Gasteiger partial charge in [-0.3, -0.25) is 23.8 Å². The molecule has 0 aromatic carbocycles. The van der Waals surface area contributed by atoms with Gasteiger partial charge in [0, 0.05) is 51.2 Å². The van der Waals surface area contributed by atoms with Crippen LogP contribution in [0.15, 0.2) is 21.6 Å². The lowest BCUT2D eigenvalue weighted by Gasteiger charge is -2.18. The SMILES string of the molecule is CN1C(=O)CCC1CC(=O)Nc1ccn(CCc2noc(=O)[nH]2)n1. The summed E-state index contributed by atoms with van der Waals surface area (Å²) in [6, 6.07) is 1.64. The Morgan fingerprint density at radius 3 is 3.00 bits per heavy atom. The zero-order valence-corrected chi connectivity index (χ0v) is 13.2. The van der Waals surface area contributed by atoms with E-state index in [1.165, 1.54) is 0 Å². The normalized spacial score (nSPS) is 17.5. The summed E-state index contributed by atoms with van der Waals surface area (Å²) in [5.41, 5.74) is 0. The van der Waals surface area contributed by atoms with Crippen LogP contribution in [0.3, 0.4) is 0 Å². The monoisotopic (exact) mass is 334 g/mol. The van der Waals surface area contributed by atoms with Crippen molar-refractivity contribution >= 4 is 17.6 Å². The second-order valence-electron chi connectivity index (χ2n) is 5.71. The molecule has 24 heavy (non-hydrogen) atoms. The molecule has 0 saturated carbocycles. The first-order chi connectivity index (χ1) is 11.5. The van der Waals surface area contributed by atoms with E-state index in [-0.39, 0.29) is 24.3 Å². The fourth-order valence-corrected chi connectivity index (χ4v) is 2.65. The van der Waals surface area contributed by atoms with Crippen LogP contribution in [0, 0.1) is 0 Å². The summed E-state index contributed by atoms with van der Waals surface area (Å²) >= 11 is 0. The van der Waals surface area contributed by atoms with Crippen LogP contribution in [-0.2, 0) is 22.6 Å². The van der Waals surface area contributed by atoms with Gasteiger partial charge >= 0.3 is 5.76 Å². The first-order valence-corrected chi connectivity index (χ1v) is 7.65. The molecule has 3 heterocycles. The fraction of sp³-hybridized carbons (Fsp3) is 0.500. The Balaban J connectivity index is 1.49. The lowest BCUT2D eigenvalue weighted by molar-refractivity contribution is -0.128. The summed E-state index contributed by atoms with van der Waals surface area (Å²) in [7, 11) is 1.72. The van der Waals surface area contributed by atoms with Gasteiger partial charge in [0.05, 0.1) is 0 Å². The Labute approximate surface area is 136 Å². The van der Waals surface area contributed by atoms with Crippen molar-refractivity contribution < 1.29 is 14.1 Å². The number of hydrogen-bond acceptors (Lipinski definition) is 6. The first-order valence-electron chi connectivity index (χ1n) is 7.65. The largest absolute Gasteiger partial charge is 0.438 e. The number of aryl methyl sites for hydroxylation is 2. The van der Waals surface area contributed by atoms with Gasteiger partial charge in [-0.25, -0.2) is 4.79 Å². The van der Waals surface area contributed by atoms with Crippen LogP contribution < -0.4 is 11.1 Å². The lowest BCUT2D eigenvalue weighted by atomic mass is 10.1. The summed E-state index contributed by atoms with van der Waals surface area (Å²) in [5, 5.41) is 10.5. The maximum Gasteiger partial charge on any atom is 0.438 e. The molecule has 0 radical (unpaired) electrons. The number of nitrogens with one attached hydrogen (secondary N) is 2. The highest BCUT2D eigenvalue weighted by Crippen LogP contribution is 2.19. The Kier molecular flexibility index (Phi) is 4.45. The number of carbonyl (C=O) groups is 2. The fourth-order valence-electron chi connectivity index (χ4n) is 2.65. The van der Waals surface area contributed by atoms with E-state index in [0.29, 0.717) is 37.4 Å². The molecule has 1 saturated heterocycles. The molecule has 2 aromatic rings. The van der Waals surface area contributed by atoms with Crippen LogP contribution in [0.5, 0.6) is 0 Å². The van der Waals surface area contributed by atoms with Crippen LogP contribution in [0.2, 0.25) is 0 Å². The van der Waals surface area contributed by atoms with Gasteiger partial charge in [-0.2, -0.15) is 5.10 Å². The average molecular weight is 334 g/mol. The van der Waals surface area contributed by atoms with Crippen molar-refractivity contribution in [1.29, 1.82) is 0 Å². The maximum absolute atomic E-state index is 12.1. The van der Waals surface area contributed by atoms with E-state index in [2.05, 4.69) is 25.1 Å². The predicted molar refractivity (Wildman–Crippen MR) is 82.1 cm³/mol. The van der Waals surface area contributed by atoms with Crippen molar-refractivity contribution in [3.63, 3.8) is 0 Å². The van der Waals surface area contributed by atoms with E-state index >= 15 is 0 Å². The highest BCUT2D eigenvalue weighted by atomic mass is 16.5. The number of rotatable bonds is 6. The second kappa shape index (κ2) is 6.69. The van der Waals surface area contributed by atoms with E-state index < -0.39 is 5.76 Å². The number of hydrogen-bond donors (Lipinski definition) is 2. The van der Waals surface area contributed by atoms with Gasteiger partial charge in [0.1, 0.15) is 0 Å². The number of H-pyrrole nitrogens is 1. The molecule has 1 aliphatic rings. The van der Waals surface area contributed by atoms with Crippen molar-refractivity contribution in [2.45, 2.75) is 38.3 Å². The Morgan fingerprint density at radius 1 is 1.50 bits per heavy atom. The quantitative estimate of drug-likeness (QED) is 0.750. The van der Waals surface area contributed by atoms with Crippen molar-refractivity contribution in [1.82, 2.24) is 24.8 Å². The Morgan fingerprint density at radius 2 is 2.33 bits per heavy atom. The lowest BCUT2D eigenvalue weighted by Crippen LogP contribution is -2.32. The summed E-state index contributed by atoms with van der Waals surface area (Å²) in [5.74, 6) is 0.194. The second-order valence-corrected chi connectivity index (χ2v) is 5.71.